The van der Waals surface area contributed by atoms with Crippen LogP contribution in [0.25, 0.3) is 11.1 Å². The standard InChI is InChI=1S/C28H32N2O5/c31-25(32)14-17-30(19-12-13-19)26(33)28(15-6-1-7-16-28)29-27(34)35-18-24-22-10-4-2-8-20(22)21-9-3-5-11-23(21)24/h2-5,8-11,19,24H,1,6-7,12-18H2,(H,29,34)(H,31,32). The van der Waals surface area contributed by atoms with E-state index in [-0.39, 0.29) is 37.4 Å². The third kappa shape index (κ3) is 4.77. The van der Waals surface area contributed by atoms with Crippen molar-refractivity contribution < 1.29 is 24.2 Å². The summed E-state index contributed by atoms with van der Waals surface area (Å²) in [6.45, 7) is 0.364. The monoisotopic (exact) mass is 476 g/mol. The Labute approximate surface area is 205 Å². The second kappa shape index (κ2) is 9.72. The maximum absolute atomic E-state index is 13.7. The number of ether oxygens (including phenoxy) is 1. The second-order valence-corrected chi connectivity index (χ2v) is 9.97. The van der Waals surface area contributed by atoms with Crippen molar-refractivity contribution in [3.8, 4) is 11.1 Å². The number of nitrogens with one attached hydrogen (secondary N) is 1. The minimum Gasteiger partial charge on any atom is -0.481 e. The molecular weight excluding hydrogens is 444 g/mol. The molecule has 0 unspecified atom stereocenters. The van der Waals surface area contributed by atoms with E-state index in [2.05, 4.69) is 29.6 Å². The molecule has 2 aromatic rings. The van der Waals surface area contributed by atoms with Gasteiger partial charge in [0.05, 0.1) is 6.42 Å². The average molecular weight is 477 g/mol. The van der Waals surface area contributed by atoms with Crippen LogP contribution in [0.4, 0.5) is 4.79 Å². The van der Waals surface area contributed by atoms with Gasteiger partial charge in [-0.3, -0.25) is 9.59 Å². The van der Waals surface area contributed by atoms with Gasteiger partial charge in [-0.05, 0) is 47.9 Å². The van der Waals surface area contributed by atoms with E-state index in [9.17, 15) is 14.4 Å². The van der Waals surface area contributed by atoms with Crippen LogP contribution in [0, 0.1) is 0 Å². The van der Waals surface area contributed by atoms with Crippen LogP contribution in [-0.4, -0.2) is 52.7 Å². The Kier molecular flexibility index (Phi) is 6.50. The summed E-state index contributed by atoms with van der Waals surface area (Å²) in [6, 6.07) is 16.4. The molecule has 0 aliphatic heterocycles. The van der Waals surface area contributed by atoms with Crippen LogP contribution in [0.5, 0.6) is 0 Å². The van der Waals surface area contributed by atoms with Crippen LogP contribution in [0.15, 0.2) is 48.5 Å². The van der Waals surface area contributed by atoms with Gasteiger partial charge < -0.3 is 20.1 Å². The largest absolute Gasteiger partial charge is 0.481 e. The van der Waals surface area contributed by atoms with Gasteiger partial charge in [0.25, 0.3) is 0 Å². The van der Waals surface area contributed by atoms with E-state index >= 15 is 0 Å². The number of fused-ring (bicyclic) bond motifs is 3. The molecule has 0 heterocycles. The molecule has 184 valence electrons. The summed E-state index contributed by atoms with van der Waals surface area (Å²) in [5, 5.41) is 12.1. The number of carboxylic acid groups (broad SMARTS) is 1. The number of amides is 2. The third-order valence-electron chi connectivity index (χ3n) is 7.62. The van der Waals surface area contributed by atoms with Crippen molar-refractivity contribution in [1.82, 2.24) is 10.2 Å². The summed E-state index contributed by atoms with van der Waals surface area (Å²) in [4.78, 5) is 39.6. The molecule has 0 bridgehead atoms. The number of carbonyl (C=O) groups excluding carboxylic acids is 2. The molecule has 7 heteroatoms. The number of aliphatic carboxylic acids is 1. The maximum Gasteiger partial charge on any atom is 0.408 e. The number of alkyl carbamates (subject to hydrolysis) is 1. The first-order chi connectivity index (χ1) is 17.0. The highest BCUT2D eigenvalue weighted by atomic mass is 16.5. The fourth-order valence-corrected chi connectivity index (χ4v) is 5.70. The first-order valence-corrected chi connectivity index (χ1v) is 12.6. The molecule has 0 saturated heterocycles. The lowest BCUT2D eigenvalue weighted by Gasteiger charge is -2.40. The molecule has 2 amide bonds. The molecule has 2 N–H and O–H groups in total. The van der Waals surface area contributed by atoms with Crippen molar-refractivity contribution in [2.24, 2.45) is 0 Å². The van der Waals surface area contributed by atoms with Gasteiger partial charge in [-0.25, -0.2) is 4.79 Å². The molecule has 3 aliphatic carbocycles. The first-order valence-electron chi connectivity index (χ1n) is 12.6. The van der Waals surface area contributed by atoms with Gasteiger partial charge in [-0.1, -0.05) is 67.8 Å². The minimum absolute atomic E-state index is 0.0512. The molecule has 0 radical (unpaired) electrons. The Balaban J connectivity index is 1.30. The van der Waals surface area contributed by atoms with Gasteiger partial charge in [-0.15, -0.1) is 0 Å². The molecule has 35 heavy (non-hydrogen) atoms. The lowest BCUT2D eigenvalue weighted by molar-refractivity contribution is -0.142. The Bertz CT molecular complexity index is 1070. The van der Waals surface area contributed by atoms with E-state index in [0.717, 1.165) is 54.4 Å². The summed E-state index contributed by atoms with van der Waals surface area (Å²) in [5.74, 6) is -1.13. The van der Waals surface area contributed by atoms with Crippen molar-refractivity contribution >= 4 is 18.0 Å². The van der Waals surface area contributed by atoms with Crippen LogP contribution < -0.4 is 5.32 Å². The van der Waals surface area contributed by atoms with E-state index in [1.54, 1.807) is 4.90 Å². The van der Waals surface area contributed by atoms with E-state index < -0.39 is 17.6 Å². The summed E-state index contributed by atoms with van der Waals surface area (Å²) in [5.41, 5.74) is 3.57. The summed E-state index contributed by atoms with van der Waals surface area (Å²) < 4.78 is 5.76. The van der Waals surface area contributed by atoms with Crippen molar-refractivity contribution in [1.29, 1.82) is 0 Å². The minimum atomic E-state index is -1.03. The fourth-order valence-electron chi connectivity index (χ4n) is 5.70. The van der Waals surface area contributed by atoms with Gasteiger partial charge in [0.15, 0.2) is 0 Å². The molecule has 2 saturated carbocycles. The number of carboxylic acids is 1. The predicted molar refractivity (Wildman–Crippen MR) is 131 cm³/mol. The smallest absolute Gasteiger partial charge is 0.408 e. The van der Waals surface area contributed by atoms with Crippen molar-refractivity contribution in [3.05, 3.63) is 59.7 Å². The third-order valence-corrected chi connectivity index (χ3v) is 7.62. The zero-order chi connectivity index (χ0) is 24.4. The number of hydrogen-bond acceptors (Lipinski definition) is 4. The molecule has 2 aromatic carbocycles. The summed E-state index contributed by atoms with van der Waals surface area (Å²) in [7, 11) is 0. The normalized spacial score (nSPS) is 18.3. The molecule has 0 aromatic heterocycles. The van der Waals surface area contributed by atoms with Crippen molar-refractivity contribution in [3.63, 3.8) is 0 Å². The highest BCUT2D eigenvalue weighted by Crippen LogP contribution is 2.44. The molecule has 0 atom stereocenters. The number of hydrogen-bond donors (Lipinski definition) is 2. The first kappa shape index (κ1) is 23.4. The Hall–Kier alpha value is -3.35. The average Bonchev–Trinajstić information content (AvgIpc) is 3.65. The lowest BCUT2D eigenvalue weighted by atomic mass is 9.80. The van der Waals surface area contributed by atoms with Crippen LogP contribution in [0.2, 0.25) is 0 Å². The molecular formula is C28H32N2O5. The second-order valence-electron chi connectivity index (χ2n) is 9.97. The molecule has 0 spiro atoms. The topological polar surface area (TPSA) is 95.9 Å². The number of carbonyl (C=O) groups is 3. The highest BCUT2D eigenvalue weighted by molar-refractivity contribution is 5.91. The van der Waals surface area contributed by atoms with E-state index in [4.69, 9.17) is 9.84 Å². The fraction of sp³-hybridized carbons (Fsp3) is 0.464. The zero-order valence-corrected chi connectivity index (χ0v) is 19.9. The predicted octanol–water partition coefficient (Wildman–Crippen LogP) is 4.69. The number of benzene rings is 2. The lowest BCUT2D eigenvalue weighted by Crippen LogP contribution is -2.61. The van der Waals surface area contributed by atoms with Crippen LogP contribution >= 0.6 is 0 Å². The summed E-state index contributed by atoms with van der Waals surface area (Å²) in [6.07, 6.45) is 4.87. The molecule has 7 nitrogen and oxygen atoms in total. The number of rotatable bonds is 8. The SMILES string of the molecule is O=C(O)CCN(C(=O)C1(NC(=O)OCC2c3ccccc3-c3ccccc32)CCCCC1)C1CC1. The Morgan fingerprint density at radius 1 is 0.943 bits per heavy atom. The van der Waals surface area contributed by atoms with Gasteiger partial charge in [0, 0.05) is 18.5 Å². The zero-order valence-electron chi connectivity index (χ0n) is 19.9. The molecule has 5 rings (SSSR count). The highest BCUT2D eigenvalue weighted by Gasteiger charge is 2.47. The van der Waals surface area contributed by atoms with Gasteiger partial charge in [0.1, 0.15) is 12.1 Å². The maximum atomic E-state index is 13.7. The number of nitrogens with zero attached hydrogens (tertiary/aromatic N) is 1. The van der Waals surface area contributed by atoms with Crippen LogP contribution in [0.1, 0.15) is 68.4 Å². The van der Waals surface area contributed by atoms with Crippen molar-refractivity contribution in [2.75, 3.05) is 13.2 Å². The Morgan fingerprint density at radius 3 is 2.11 bits per heavy atom. The molecule has 2 fully saturated rings. The van der Waals surface area contributed by atoms with Gasteiger partial charge in [-0.2, -0.15) is 0 Å². The molecule has 3 aliphatic rings. The van der Waals surface area contributed by atoms with Crippen LogP contribution in [-0.2, 0) is 14.3 Å². The quantitative estimate of drug-likeness (QED) is 0.576. The Morgan fingerprint density at radius 2 is 1.54 bits per heavy atom. The van der Waals surface area contributed by atoms with E-state index in [1.807, 2.05) is 24.3 Å². The van der Waals surface area contributed by atoms with Gasteiger partial charge in [0.2, 0.25) is 5.91 Å². The van der Waals surface area contributed by atoms with E-state index in [1.165, 1.54) is 0 Å². The van der Waals surface area contributed by atoms with Crippen LogP contribution in [0.3, 0.4) is 0 Å². The van der Waals surface area contributed by atoms with Gasteiger partial charge >= 0.3 is 12.1 Å². The van der Waals surface area contributed by atoms with E-state index in [0.29, 0.717) is 12.8 Å². The summed E-state index contributed by atoms with van der Waals surface area (Å²) >= 11 is 0. The van der Waals surface area contributed by atoms with Crippen molar-refractivity contribution in [2.45, 2.75) is 68.9 Å².